The molecule has 0 bridgehead atoms. The summed E-state index contributed by atoms with van der Waals surface area (Å²) >= 11 is 0. The van der Waals surface area contributed by atoms with Gasteiger partial charge < -0.3 is 24.3 Å². The minimum atomic E-state index is -0.904. The molecule has 2 aromatic heterocycles. The van der Waals surface area contributed by atoms with Gasteiger partial charge in [0.15, 0.2) is 17.3 Å². The van der Waals surface area contributed by atoms with Crippen molar-refractivity contribution >= 4 is 34.7 Å². The fourth-order valence-corrected chi connectivity index (χ4v) is 4.49. The van der Waals surface area contributed by atoms with E-state index in [4.69, 9.17) is 9.15 Å². The van der Waals surface area contributed by atoms with E-state index in [1.165, 1.54) is 4.90 Å². The summed E-state index contributed by atoms with van der Waals surface area (Å²) in [5.41, 5.74) is 2.67. The average Bonchev–Trinajstić information content (AvgIpc) is 3.40. The lowest BCUT2D eigenvalue weighted by Gasteiger charge is -2.37. The molecule has 1 amide bonds. The van der Waals surface area contributed by atoms with Gasteiger partial charge >= 0.3 is 6.09 Å². The second kappa shape index (κ2) is 8.79. The highest BCUT2D eigenvalue weighted by molar-refractivity contribution is 5.95. The van der Waals surface area contributed by atoms with Crippen LogP contribution >= 0.6 is 0 Å². The molecule has 0 radical (unpaired) electrons. The zero-order valence-electron chi connectivity index (χ0n) is 18.9. The smallest absolute Gasteiger partial charge is 0.407 e. The van der Waals surface area contributed by atoms with E-state index in [-0.39, 0.29) is 17.6 Å². The molecule has 2 aliphatic rings. The van der Waals surface area contributed by atoms with Crippen LogP contribution in [0.25, 0.3) is 22.7 Å². The van der Waals surface area contributed by atoms with Crippen LogP contribution in [0.3, 0.4) is 0 Å². The summed E-state index contributed by atoms with van der Waals surface area (Å²) in [5, 5.41) is 29.1. The highest BCUT2D eigenvalue weighted by Crippen LogP contribution is 2.44. The van der Waals surface area contributed by atoms with Gasteiger partial charge in [0, 0.05) is 50.1 Å². The Bertz CT molecular complexity index is 1310. The molecule has 1 saturated heterocycles. The third kappa shape index (κ3) is 3.75. The number of rotatable bonds is 5. The van der Waals surface area contributed by atoms with Crippen molar-refractivity contribution in [2.75, 3.05) is 32.8 Å². The summed E-state index contributed by atoms with van der Waals surface area (Å²) in [4.78, 5) is 19.1. The van der Waals surface area contributed by atoms with E-state index in [2.05, 4.69) is 20.1 Å². The number of aromatic hydroxyl groups is 1. The standard InChI is InChI=1S/C24H25N5O5/c1-3-33-18-7-6-16-21(30)19(13-17-15-5-4-8-25-23(15)27-26-17)34-22(16)20(18)14(2)28-9-11-29(12-10-28)24(31)32/h4-8,13-14,30H,3,9-12H2,1-2H3,(H,31,32). The fraction of sp³-hybridized carbons (Fsp3) is 0.333. The first-order chi connectivity index (χ1) is 16.5. The second-order valence-electron chi connectivity index (χ2n) is 8.19. The van der Waals surface area contributed by atoms with Crippen molar-refractivity contribution in [3.63, 3.8) is 0 Å². The zero-order valence-corrected chi connectivity index (χ0v) is 18.9. The molecule has 0 saturated carbocycles. The van der Waals surface area contributed by atoms with Crippen molar-refractivity contribution < 1.29 is 24.2 Å². The van der Waals surface area contributed by atoms with Crippen LogP contribution in [0.4, 0.5) is 10.6 Å². The number of ether oxygens (including phenoxy) is 1. The number of aromatic nitrogens is 1. The Hall–Kier alpha value is -3.92. The number of furan rings is 1. The highest BCUT2D eigenvalue weighted by atomic mass is 16.5. The van der Waals surface area contributed by atoms with Gasteiger partial charge in [0.25, 0.3) is 0 Å². The van der Waals surface area contributed by atoms with Gasteiger partial charge in [0.1, 0.15) is 17.0 Å². The summed E-state index contributed by atoms with van der Waals surface area (Å²) in [6, 6.07) is 7.17. The number of carboxylic acid groups (broad SMARTS) is 1. The van der Waals surface area contributed by atoms with E-state index in [9.17, 15) is 15.0 Å². The lowest BCUT2D eigenvalue weighted by molar-refractivity contribution is 0.0881. The highest BCUT2D eigenvalue weighted by Gasteiger charge is 2.30. The van der Waals surface area contributed by atoms with Gasteiger partial charge in [-0.25, -0.2) is 9.78 Å². The van der Waals surface area contributed by atoms with Crippen molar-refractivity contribution in [2.24, 2.45) is 10.2 Å². The maximum absolute atomic E-state index is 11.3. The molecular weight excluding hydrogens is 438 g/mol. The number of azo groups is 1. The molecular formula is C24H25N5O5. The summed E-state index contributed by atoms with van der Waals surface area (Å²) in [6.07, 6.45) is 2.41. The number of carbonyl (C=O) groups is 1. The Kier molecular flexibility index (Phi) is 5.66. The Labute approximate surface area is 195 Å². The molecule has 3 aromatic rings. The van der Waals surface area contributed by atoms with Gasteiger partial charge in [0.05, 0.1) is 17.6 Å². The number of pyridine rings is 1. The maximum atomic E-state index is 11.3. The second-order valence-corrected chi connectivity index (χ2v) is 8.19. The predicted molar refractivity (Wildman–Crippen MR) is 125 cm³/mol. The van der Waals surface area contributed by atoms with E-state index in [1.807, 2.05) is 26.0 Å². The number of fused-ring (bicyclic) bond motifs is 2. The van der Waals surface area contributed by atoms with E-state index in [1.54, 1.807) is 24.4 Å². The SMILES string of the molecule is CCOc1ccc2c(O)c(C=C3N=Nc4ncccc43)oc2c1C(C)N1CCN(C(=O)O)CC1. The van der Waals surface area contributed by atoms with E-state index in [0.29, 0.717) is 61.0 Å². The van der Waals surface area contributed by atoms with Crippen LogP contribution < -0.4 is 4.74 Å². The van der Waals surface area contributed by atoms with Crippen LogP contribution in [-0.2, 0) is 0 Å². The molecule has 2 N–H and O–H groups in total. The Morgan fingerprint density at radius 1 is 1.24 bits per heavy atom. The summed E-state index contributed by atoms with van der Waals surface area (Å²) in [5.74, 6) is 1.49. The summed E-state index contributed by atoms with van der Waals surface area (Å²) < 4.78 is 12.1. The molecule has 10 heteroatoms. The van der Waals surface area contributed by atoms with Gasteiger partial charge in [-0.05, 0) is 38.1 Å². The first kappa shape index (κ1) is 21.9. The normalized spacial score (nSPS) is 17.9. The topological polar surface area (TPSA) is 124 Å². The summed E-state index contributed by atoms with van der Waals surface area (Å²) in [7, 11) is 0. The van der Waals surface area contributed by atoms with Gasteiger partial charge in [-0.15, -0.1) is 10.2 Å². The monoisotopic (exact) mass is 463 g/mol. The van der Waals surface area contributed by atoms with Crippen LogP contribution in [-0.4, -0.2) is 63.9 Å². The van der Waals surface area contributed by atoms with Crippen LogP contribution in [0.1, 0.15) is 36.8 Å². The quantitative estimate of drug-likeness (QED) is 0.552. The Morgan fingerprint density at radius 2 is 2.03 bits per heavy atom. The van der Waals surface area contributed by atoms with Gasteiger partial charge in [-0.3, -0.25) is 4.90 Å². The molecule has 4 heterocycles. The molecule has 2 aliphatic heterocycles. The molecule has 1 atom stereocenters. The largest absolute Gasteiger partial charge is 0.504 e. The number of nitrogens with zero attached hydrogens (tertiary/aromatic N) is 5. The van der Waals surface area contributed by atoms with Crippen LogP contribution in [0.2, 0.25) is 0 Å². The van der Waals surface area contributed by atoms with E-state index < -0.39 is 6.09 Å². The first-order valence-corrected chi connectivity index (χ1v) is 11.2. The zero-order chi connectivity index (χ0) is 23.8. The van der Waals surface area contributed by atoms with Crippen molar-refractivity contribution in [2.45, 2.75) is 19.9 Å². The first-order valence-electron chi connectivity index (χ1n) is 11.2. The number of amides is 1. The van der Waals surface area contributed by atoms with Crippen molar-refractivity contribution in [3.05, 3.63) is 47.3 Å². The molecule has 5 rings (SSSR count). The van der Waals surface area contributed by atoms with Crippen molar-refractivity contribution in [1.82, 2.24) is 14.8 Å². The minimum absolute atomic E-state index is 0.0160. The Balaban J connectivity index is 1.55. The van der Waals surface area contributed by atoms with Crippen LogP contribution in [0.15, 0.2) is 45.1 Å². The Morgan fingerprint density at radius 3 is 2.76 bits per heavy atom. The summed E-state index contributed by atoms with van der Waals surface area (Å²) in [6.45, 7) is 6.46. The number of hydrogen-bond acceptors (Lipinski definition) is 8. The van der Waals surface area contributed by atoms with Crippen LogP contribution in [0, 0.1) is 0 Å². The van der Waals surface area contributed by atoms with E-state index in [0.717, 1.165) is 11.1 Å². The average molecular weight is 463 g/mol. The number of hydrogen-bond donors (Lipinski definition) is 2. The van der Waals surface area contributed by atoms with Crippen molar-refractivity contribution in [1.29, 1.82) is 0 Å². The maximum Gasteiger partial charge on any atom is 0.407 e. The number of benzene rings is 1. The molecule has 34 heavy (non-hydrogen) atoms. The van der Waals surface area contributed by atoms with E-state index >= 15 is 0 Å². The van der Waals surface area contributed by atoms with Gasteiger partial charge in [-0.1, -0.05) is 0 Å². The molecule has 1 aromatic carbocycles. The lowest BCUT2D eigenvalue weighted by atomic mass is 10.0. The molecule has 0 aliphatic carbocycles. The third-order valence-corrected chi connectivity index (χ3v) is 6.29. The third-order valence-electron chi connectivity index (χ3n) is 6.29. The lowest BCUT2D eigenvalue weighted by Crippen LogP contribution is -2.48. The minimum Gasteiger partial charge on any atom is -0.504 e. The van der Waals surface area contributed by atoms with Crippen LogP contribution in [0.5, 0.6) is 11.5 Å². The molecule has 1 fully saturated rings. The van der Waals surface area contributed by atoms with Gasteiger partial charge in [0.2, 0.25) is 0 Å². The molecule has 1 unspecified atom stereocenters. The molecule has 0 spiro atoms. The fourth-order valence-electron chi connectivity index (χ4n) is 4.49. The molecule has 10 nitrogen and oxygen atoms in total. The predicted octanol–water partition coefficient (Wildman–Crippen LogP) is 4.88. The van der Waals surface area contributed by atoms with Gasteiger partial charge in [-0.2, -0.15) is 0 Å². The number of piperazine rings is 1. The molecule has 176 valence electrons. The van der Waals surface area contributed by atoms with Crippen molar-refractivity contribution in [3.8, 4) is 11.5 Å².